The molecule has 2 aromatic rings. The van der Waals surface area contributed by atoms with Gasteiger partial charge in [0.25, 0.3) is 5.91 Å². The number of alkyl halides is 3. The molecule has 1 aliphatic carbocycles. The highest BCUT2D eigenvalue weighted by molar-refractivity contribution is 6.31. The number of piperidine rings is 1. The fourth-order valence-electron chi connectivity index (χ4n) is 6.00. The van der Waals surface area contributed by atoms with Crippen LogP contribution in [0.3, 0.4) is 0 Å². The predicted octanol–water partition coefficient (Wildman–Crippen LogP) is 6.12. The van der Waals surface area contributed by atoms with Crippen LogP contribution >= 0.6 is 23.2 Å². The molecule has 11 heteroatoms. The molecule has 3 fully saturated rings. The molecular formula is C30H32Cl2F3N3O3. The van der Waals surface area contributed by atoms with Gasteiger partial charge >= 0.3 is 6.18 Å². The largest absolute Gasteiger partial charge is 0.417 e. The number of carbonyl (C=O) groups is 3. The Morgan fingerprint density at radius 2 is 1.59 bits per heavy atom. The maximum atomic E-state index is 13.7. The lowest BCUT2D eigenvalue weighted by atomic mass is 9.93. The first-order valence-corrected chi connectivity index (χ1v) is 14.5. The van der Waals surface area contributed by atoms with Crippen LogP contribution in [0.1, 0.15) is 60.0 Å². The number of carbonyl (C=O) groups excluding carboxylic acids is 3. The lowest BCUT2D eigenvalue weighted by Crippen LogP contribution is -2.46. The van der Waals surface area contributed by atoms with Crippen LogP contribution in [-0.4, -0.2) is 71.7 Å². The molecule has 5 rings (SSSR count). The zero-order valence-electron chi connectivity index (χ0n) is 22.9. The van der Waals surface area contributed by atoms with Crippen molar-refractivity contribution in [3.8, 4) is 0 Å². The third-order valence-corrected chi connectivity index (χ3v) is 9.46. The number of amides is 3. The van der Waals surface area contributed by atoms with Crippen LogP contribution < -0.4 is 0 Å². The normalized spacial score (nSPS) is 22.5. The SMILES string of the molecule is CN(C(=O)c1ccc(Cl)c(C(F)(F)F)c1)[C@H]1CN(C(=O)C2CCN(C(=O)C3(C)CC3)CC2)C[C@@H]1c1ccc(Cl)cc1. The van der Waals surface area contributed by atoms with E-state index in [0.717, 1.165) is 30.5 Å². The molecule has 3 aliphatic rings. The molecule has 0 aromatic heterocycles. The van der Waals surface area contributed by atoms with Gasteiger partial charge in [-0.15, -0.1) is 0 Å². The molecule has 0 radical (unpaired) electrons. The highest BCUT2D eigenvalue weighted by atomic mass is 35.5. The highest BCUT2D eigenvalue weighted by Crippen LogP contribution is 2.47. The average Bonchev–Trinajstić information content (AvgIpc) is 3.55. The van der Waals surface area contributed by atoms with Crippen molar-refractivity contribution in [2.75, 3.05) is 33.2 Å². The van der Waals surface area contributed by atoms with Crippen molar-refractivity contribution >= 4 is 40.9 Å². The molecule has 1 saturated carbocycles. The summed E-state index contributed by atoms with van der Waals surface area (Å²) in [4.78, 5) is 44.9. The van der Waals surface area contributed by atoms with Gasteiger partial charge in [0.1, 0.15) is 0 Å². The van der Waals surface area contributed by atoms with Crippen molar-refractivity contribution in [2.24, 2.45) is 11.3 Å². The van der Waals surface area contributed by atoms with E-state index in [2.05, 4.69) is 0 Å². The Hall–Kier alpha value is -2.78. The van der Waals surface area contributed by atoms with Gasteiger partial charge in [0.2, 0.25) is 11.8 Å². The van der Waals surface area contributed by atoms with Crippen LogP contribution in [0.4, 0.5) is 13.2 Å². The van der Waals surface area contributed by atoms with Crippen molar-refractivity contribution < 1.29 is 27.6 Å². The van der Waals surface area contributed by atoms with Crippen LogP contribution in [0.5, 0.6) is 0 Å². The van der Waals surface area contributed by atoms with Crippen LogP contribution in [0.15, 0.2) is 42.5 Å². The van der Waals surface area contributed by atoms with Gasteiger partial charge in [0.15, 0.2) is 0 Å². The minimum absolute atomic E-state index is 0.0251. The summed E-state index contributed by atoms with van der Waals surface area (Å²) in [6.45, 7) is 3.66. The van der Waals surface area contributed by atoms with Crippen molar-refractivity contribution in [1.82, 2.24) is 14.7 Å². The zero-order chi connectivity index (χ0) is 29.7. The number of nitrogens with zero attached hydrogens (tertiary/aromatic N) is 3. The summed E-state index contributed by atoms with van der Waals surface area (Å²) in [6, 6.07) is 9.82. The van der Waals surface area contributed by atoms with E-state index >= 15 is 0 Å². The molecule has 2 aromatic carbocycles. The Morgan fingerprint density at radius 1 is 0.951 bits per heavy atom. The van der Waals surface area contributed by atoms with Crippen LogP contribution in [0.2, 0.25) is 10.0 Å². The van der Waals surface area contributed by atoms with E-state index in [4.69, 9.17) is 23.2 Å². The molecular weight excluding hydrogens is 578 g/mol. The van der Waals surface area contributed by atoms with E-state index in [9.17, 15) is 27.6 Å². The van der Waals surface area contributed by atoms with Gasteiger partial charge in [-0.1, -0.05) is 42.3 Å². The van der Waals surface area contributed by atoms with E-state index in [1.54, 1.807) is 24.1 Å². The second-order valence-electron chi connectivity index (χ2n) is 11.7. The van der Waals surface area contributed by atoms with Crippen LogP contribution in [0, 0.1) is 11.3 Å². The van der Waals surface area contributed by atoms with Gasteiger partial charge in [-0.25, -0.2) is 0 Å². The van der Waals surface area contributed by atoms with Crippen molar-refractivity contribution in [3.05, 3.63) is 69.2 Å². The summed E-state index contributed by atoms with van der Waals surface area (Å²) in [6.07, 6.45) is -1.73. The number of rotatable bonds is 5. The Morgan fingerprint density at radius 3 is 2.17 bits per heavy atom. The Balaban J connectivity index is 1.34. The second kappa shape index (κ2) is 11.1. The van der Waals surface area contributed by atoms with E-state index in [1.807, 2.05) is 24.0 Å². The molecule has 2 saturated heterocycles. The molecule has 220 valence electrons. The topological polar surface area (TPSA) is 60.9 Å². The Kier molecular flexibility index (Phi) is 8.07. The molecule has 0 N–H and O–H groups in total. The smallest absolute Gasteiger partial charge is 0.342 e. The average molecular weight is 611 g/mol. The van der Waals surface area contributed by atoms with E-state index in [0.29, 0.717) is 37.5 Å². The van der Waals surface area contributed by atoms with E-state index in [-0.39, 0.29) is 41.2 Å². The molecule has 3 amide bonds. The number of hydrogen-bond acceptors (Lipinski definition) is 3. The summed E-state index contributed by atoms with van der Waals surface area (Å²) < 4.78 is 40.4. The maximum Gasteiger partial charge on any atom is 0.417 e. The molecule has 6 nitrogen and oxygen atoms in total. The first-order chi connectivity index (χ1) is 19.3. The molecule has 2 atom stereocenters. The molecule has 2 aliphatic heterocycles. The molecule has 41 heavy (non-hydrogen) atoms. The van der Waals surface area contributed by atoms with Crippen molar-refractivity contribution in [2.45, 2.75) is 50.7 Å². The first-order valence-electron chi connectivity index (χ1n) is 13.8. The summed E-state index contributed by atoms with van der Waals surface area (Å²) in [7, 11) is 1.55. The third-order valence-electron chi connectivity index (χ3n) is 8.88. The standard InChI is InChI=1S/C30H32Cl2F3N3O3/c1-29(11-12-29)28(41)37-13-9-19(10-14-37)27(40)38-16-22(18-3-6-21(31)7-4-18)25(17-38)36(2)26(39)20-5-8-24(32)23(15-20)30(33,34)35/h3-8,15,19,22,25H,9-14,16-17H2,1-2H3/t22-,25+/m1/s1. The van der Waals surface area contributed by atoms with Gasteiger partial charge in [0, 0.05) is 61.1 Å². The Bertz CT molecular complexity index is 1340. The minimum Gasteiger partial charge on any atom is -0.342 e. The predicted molar refractivity (Wildman–Crippen MR) is 150 cm³/mol. The number of likely N-dealkylation sites (N-methyl/N-ethyl adjacent to an activating group) is 1. The minimum atomic E-state index is -4.70. The molecule has 0 bridgehead atoms. The lowest BCUT2D eigenvalue weighted by Gasteiger charge is -2.34. The quantitative estimate of drug-likeness (QED) is 0.410. The van der Waals surface area contributed by atoms with E-state index < -0.39 is 28.7 Å². The summed E-state index contributed by atoms with van der Waals surface area (Å²) in [5.74, 6) is -0.949. The van der Waals surface area contributed by atoms with Crippen molar-refractivity contribution in [3.63, 3.8) is 0 Å². The Labute approximate surface area is 247 Å². The van der Waals surface area contributed by atoms with Crippen LogP contribution in [-0.2, 0) is 15.8 Å². The molecule has 2 heterocycles. The molecule has 0 unspecified atom stereocenters. The van der Waals surface area contributed by atoms with Gasteiger partial charge in [-0.05, 0) is 61.6 Å². The van der Waals surface area contributed by atoms with Crippen molar-refractivity contribution in [1.29, 1.82) is 0 Å². The van der Waals surface area contributed by atoms with Crippen LogP contribution in [0.25, 0.3) is 0 Å². The summed E-state index contributed by atoms with van der Waals surface area (Å²) >= 11 is 11.9. The third kappa shape index (κ3) is 6.07. The fourth-order valence-corrected chi connectivity index (χ4v) is 6.35. The molecule has 0 spiro atoms. The van der Waals surface area contributed by atoms with Gasteiger partial charge in [-0.3, -0.25) is 14.4 Å². The first kappa shape index (κ1) is 29.7. The summed E-state index contributed by atoms with van der Waals surface area (Å²) in [5, 5.41) is 0.0650. The number of halogens is 5. The maximum absolute atomic E-state index is 13.7. The number of likely N-dealkylation sites (tertiary alicyclic amines) is 2. The highest BCUT2D eigenvalue weighted by Gasteiger charge is 2.48. The lowest BCUT2D eigenvalue weighted by molar-refractivity contribution is -0.142. The monoisotopic (exact) mass is 609 g/mol. The zero-order valence-corrected chi connectivity index (χ0v) is 24.4. The second-order valence-corrected chi connectivity index (χ2v) is 12.5. The van der Waals surface area contributed by atoms with Gasteiger partial charge in [0.05, 0.1) is 16.6 Å². The number of benzene rings is 2. The summed E-state index contributed by atoms with van der Waals surface area (Å²) in [5.41, 5.74) is -0.575. The van der Waals surface area contributed by atoms with Gasteiger partial charge in [-0.2, -0.15) is 13.2 Å². The fraction of sp³-hybridized carbons (Fsp3) is 0.500. The van der Waals surface area contributed by atoms with E-state index in [1.165, 1.54) is 11.0 Å². The number of hydrogen-bond donors (Lipinski definition) is 0. The van der Waals surface area contributed by atoms with Gasteiger partial charge < -0.3 is 14.7 Å².